The Bertz CT molecular complexity index is 1050. The van der Waals surface area contributed by atoms with Crippen molar-refractivity contribution < 1.29 is 12.8 Å². The molecule has 0 radical (unpaired) electrons. The lowest BCUT2D eigenvalue weighted by Crippen LogP contribution is -2.48. The van der Waals surface area contributed by atoms with Crippen LogP contribution in [-0.4, -0.2) is 69.0 Å². The summed E-state index contributed by atoms with van der Waals surface area (Å²) in [6, 6.07) is 9.18. The van der Waals surface area contributed by atoms with Crippen LogP contribution in [0.4, 0.5) is 4.39 Å². The molecule has 0 amide bonds. The summed E-state index contributed by atoms with van der Waals surface area (Å²) in [4.78, 5) is 6.15. The van der Waals surface area contributed by atoms with Crippen molar-refractivity contribution in [3.8, 4) is 5.69 Å². The summed E-state index contributed by atoms with van der Waals surface area (Å²) in [5.41, 5.74) is 0.540. The Morgan fingerprint density at radius 1 is 1.07 bits per heavy atom. The molecule has 11 heteroatoms. The SMILES string of the molecule is O=S(=O)(c1cccnc1)N1CCN(Cc2nnnn2-c2cccc(F)c2)CC1. The highest BCUT2D eigenvalue weighted by molar-refractivity contribution is 7.89. The summed E-state index contributed by atoms with van der Waals surface area (Å²) in [6.07, 6.45) is 2.90. The predicted octanol–water partition coefficient (Wildman–Crippen LogP) is 0.703. The second-order valence-corrected chi connectivity index (χ2v) is 8.29. The first-order valence-electron chi connectivity index (χ1n) is 8.70. The molecule has 1 aliphatic heterocycles. The number of sulfonamides is 1. The minimum atomic E-state index is -3.55. The van der Waals surface area contributed by atoms with E-state index < -0.39 is 10.0 Å². The lowest BCUT2D eigenvalue weighted by atomic mass is 10.3. The molecule has 0 saturated carbocycles. The van der Waals surface area contributed by atoms with E-state index >= 15 is 0 Å². The van der Waals surface area contributed by atoms with E-state index in [0.717, 1.165) is 0 Å². The van der Waals surface area contributed by atoms with E-state index in [1.54, 1.807) is 30.5 Å². The minimum Gasteiger partial charge on any atom is -0.293 e. The van der Waals surface area contributed by atoms with E-state index in [1.165, 1.54) is 27.3 Å². The van der Waals surface area contributed by atoms with Gasteiger partial charge in [-0.1, -0.05) is 6.07 Å². The zero-order valence-electron chi connectivity index (χ0n) is 14.9. The van der Waals surface area contributed by atoms with Gasteiger partial charge in [0.25, 0.3) is 0 Å². The van der Waals surface area contributed by atoms with Gasteiger partial charge < -0.3 is 0 Å². The van der Waals surface area contributed by atoms with Gasteiger partial charge in [-0.25, -0.2) is 12.8 Å². The standard InChI is InChI=1S/C17H18FN7O2S/c18-14-3-1-4-15(11-14)25-17(20-21-22-25)13-23-7-9-24(10-8-23)28(26,27)16-5-2-6-19-12-16/h1-6,11-12H,7-10,13H2. The van der Waals surface area contributed by atoms with E-state index in [4.69, 9.17) is 0 Å². The Labute approximate surface area is 161 Å². The van der Waals surface area contributed by atoms with Crippen molar-refractivity contribution in [3.63, 3.8) is 0 Å². The molecule has 2 aromatic heterocycles. The molecule has 3 aromatic rings. The van der Waals surface area contributed by atoms with Crippen LogP contribution in [0.3, 0.4) is 0 Å². The molecule has 146 valence electrons. The fraction of sp³-hybridized carbons (Fsp3) is 0.294. The van der Waals surface area contributed by atoms with Crippen LogP contribution in [0.1, 0.15) is 5.82 Å². The number of aromatic nitrogens is 5. The van der Waals surface area contributed by atoms with Gasteiger partial charge >= 0.3 is 0 Å². The van der Waals surface area contributed by atoms with Crippen LogP contribution in [0, 0.1) is 5.82 Å². The van der Waals surface area contributed by atoms with Gasteiger partial charge in [0.2, 0.25) is 10.0 Å². The number of nitrogens with zero attached hydrogens (tertiary/aromatic N) is 7. The van der Waals surface area contributed by atoms with E-state index in [-0.39, 0.29) is 10.7 Å². The minimum absolute atomic E-state index is 0.193. The maximum absolute atomic E-state index is 13.5. The second-order valence-electron chi connectivity index (χ2n) is 6.36. The van der Waals surface area contributed by atoms with Gasteiger partial charge in [0.15, 0.2) is 5.82 Å². The first-order chi connectivity index (χ1) is 13.5. The highest BCUT2D eigenvalue weighted by atomic mass is 32.2. The quantitative estimate of drug-likeness (QED) is 0.619. The van der Waals surface area contributed by atoms with Crippen molar-refractivity contribution in [2.24, 2.45) is 0 Å². The molecule has 0 bridgehead atoms. The number of pyridine rings is 1. The van der Waals surface area contributed by atoms with Crippen LogP contribution in [0.2, 0.25) is 0 Å². The van der Waals surface area contributed by atoms with E-state index in [9.17, 15) is 12.8 Å². The number of hydrogen-bond acceptors (Lipinski definition) is 7. The van der Waals surface area contributed by atoms with Crippen LogP contribution in [-0.2, 0) is 16.6 Å². The molecule has 3 heterocycles. The molecule has 9 nitrogen and oxygen atoms in total. The highest BCUT2D eigenvalue weighted by Crippen LogP contribution is 2.18. The fourth-order valence-electron chi connectivity index (χ4n) is 3.09. The van der Waals surface area contributed by atoms with Crippen molar-refractivity contribution in [2.75, 3.05) is 26.2 Å². The summed E-state index contributed by atoms with van der Waals surface area (Å²) in [5.74, 6) is 0.197. The zero-order chi connectivity index (χ0) is 19.6. The molecule has 1 aromatic carbocycles. The van der Waals surface area contributed by atoms with E-state index in [2.05, 4.69) is 25.4 Å². The van der Waals surface area contributed by atoms with Crippen molar-refractivity contribution >= 4 is 10.0 Å². The maximum atomic E-state index is 13.5. The molecular formula is C17H18FN7O2S. The van der Waals surface area contributed by atoms with Crippen LogP contribution in [0.25, 0.3) is 5.69 Å². The molecule has 4 rings (SSSR count). The normalized spacial score (nSPS) is 16.3. The van der Waals surface area contributed by atoms with Gasteiger partial charge in [-0.2, -0.15) is 8.99 Å². The Morgan fingerprint density at radius 3 is 2.61 bits per heavy atom. The predicted molar refractivity (Wildman–Crippen MR) is 97.4 cm³/mol. The molecule has 1 aliphatic rings. The summed E-state index contributed by atoms with van der Waals surface area (Å²) in [7, 11) is -3.55. The third-order valence-corrected chi connectivity index (χ3v) is 6.44. The number of piperazine rings is 1. The molecule has 0 spiro atoms. The smallest absolute Gasteiger partial charge is 0.244 e. The van der Waals surface area contributed by atoms with Crippen molar-refractivity contribution in [1.82, 2.24) is 34.4 Å². The number of hydrogen-bond donors (Lipinski definition) is 0. The molecule has 1 fully saturated rings. The summed E-state index contributed by atoms with van der Waals surface area (Å²) in [6.45, 7) is 2.23. The first kappa shape index (κ1) is 18.6. The van der Waals surface area contributed by atoms with Crippen molar-refractivity contribution in [2.45, 2.75) is 11.4 Å². The Hall–Kier alpha value is -2.76. The number of rotatable bonds is 5. The molecule has 0 atom stereocenters. The third-order valence-electron chi connectivity index (χ3n) is 4.56. The molecule has 0 N–H and O–H groups in total. The molecule has 0 aliphatic carbocycles. The van der Waals surface area contributed by atoms with Crippen molar-refractivity contribution in [3.05, 3.63) is 60.4 Å². The van der Waals surface area contributed by atoms with Gasteiger partial charge in [-0.05, 0) is 40.8 Å². The molecule has 28 heavy (non-hydrogen) atoms. The van der Waals surface area contributed by atoms with E-state index in [0.29, 0.717) is 44.2 Å². The Morgan fingerprint density at radius 2 is 1.89 bits per heavy atom. The van der Waals surface area contributed by atoms with Gasteiger partial charge in [-0.3, -0.25) is 9.88 Å². The van der Waals surface area contributed by atoms with Gasteiger partial charge in [0.1, 0.15) is 10.7 Å². The number of halogens is 1. The monoisotopic (exact) mass is 403 g/mol. The molecule has 1 saturated heterocycles. The van der Waals surface area contributed by atoms with Crippen LogP contribution >= 0.6 is 0 Å². The van der Waals surface area contributed by atoms with E-state index in [1.807, 2.05) is 0 Å². The van der Waals surface area contributed by atoms with Crippen LogP contribution in [0.5, 0.6) is 0 Å². The second kappa shape index (κ2) is 7.70. The number of tetrazole rings is 1. The Balaban J connectivity index is 1.43. The highest BCUT2D eigenvalue weighted by Gasteiger charge is 2.29. The van der Waals surface area contributed by atoms with Crippen LogP contribution < -0.4 is 0 Å². The summed E-state index contributed by atoms with van der Waals surface area (Å²) >= 11 is 0. The lowest BCUT2D eigenvalue weighted by Gasteiger charge is -2.33. The lowest BCUT2D eigenvalue weighted by molar-refractivity contribution is 0.177. The van der Waals surface area contributed by atoms with Crippen LogP contribution in [0.15, 0.2) is 53.7 Å². The zero-order valence-corrected chi connectivity index (χ0v) is 15.7. The van der Waals surface area contributed by atoms with Gasteiger partial charge in [0, 0.05) is 38.6 Å². The molecular weight excluding hydrogens is 385 g/mol. The van der Waals surface area contributed by atoms with Gasteiger partial charge in [0.05, 0.1) is 12.2 Å². The average molecular weight is 403 g/mol. The summed E-state index contributed by atoms with van der Waals surface area (Å²) in [5, 5.41) is 11.7. The third kappa shape index (κ3) is 3.77. The maximum Gasteiger partial charge on any atom is 0.244 e. The van der Waals surface area contributed by atoms with Gasteiger partial charge in [-0.15, -0.1) is 5.10 Å². The average Bonchev–Trinajstić information content (AvgIpc) is 3.17. The largest absolute Gasteiger partial charge is 0.293 e. The Kier molecular flexibility index (Phi) is 5.11. The van der Waals surface area contributed by atoms with Crippen molar-refractivity contribution in [1.29, 1.82) is 0 Å². The number of benzene rings is 1. The molecule has 0 unspecified atom stereocenters. The fourth-order valence-corrected chi connectivity index (χ4v) is 4.48. The first-order valence-corrected chi connectivity index (χ1v) is 10.1. The topological polar surface area (TPSA) is 97.1 Å². The summed E-state index contributed by atoms with van der Waals surface area (Å²) < 4.78 is 41.8.